The third-order valence-electron chi connectivity index (χ3n) is 2.99. The quantitative estimate of drug-likeness (QED) is 0.911. The van der Waals surface area contributed by atoms with E-state index in [9.17, 15) is 0 Å². The molecule has 0 saturated carbocycles. The molecule has 0 unspecified atom stereocenters. The van der Waals surface area contributed by atoms with E-state index in [2.05, 4.69) is 49.9 Å². The van der Waals surface area contributed by atoms with Gasteiger partial charge in [0.15, 0.2) is 11.5 Å². The molecule has 1 N–H and O–H groups in total. The zero-order chi connectivity index (χ0) is 14.8. The summed E-state index contributed by atoms with van der Waals surface area (Å²) in [6, 6.07) is 0. The topological polar surface area (TPSA) is 45.5 Å². The van der Waals surface area contributed by atoms with Crippen molar-refractivity contribution in [3.63, 3.8) is 0 Å². The molecule has 0 fully saturated rings. The first-order chi connectivity index (χ1) is 9.40. The highest BCUT2D eigenvalue weighted by Gasteiger charge is 2.18. The van der Waals surface area contributed by atoms with Crippen LogP contribution in [-0.4, -0.2) is 34.5 Å². The average Bonchev–Trinajstić information content (AvgIpc) is 2.81. The van der Waals surface area contributed by atoms with Crippen molar-refractivity contribution in [2.45, 2.75) is 34.1 Å². The summed E-state index contributed by atoms with van der Waals surface area (Å²) >= 11 is 0. The Labute approximate surface area is 121 Å². The van der Waals surface area contributed by atoms with E-state index in [0.29, 0.717) is 0 Å². The number of anilines is 2. The highest BCUT2D eigenvalue weighted by Crippen LogP contribution is 2.23. The summed E-state index contributed by atoms with van der Waals surface area (Å²) in [5.74, 6) is 1.82. The highest BCUT2D eigenvalue weighted by atomic mass is 15.2. The average molecular weight is 275 g/mol. The number of hydrogen-bond donors (Lipinski definition) is 1. The van der Waals surface area contributed by atoms with E-state index in [4.69, 9.17) is 4.98 Å². The van der Waals surface area contributed by atoms with Crippen LogP contribution in [0.3, 0.4) is 0 Å². The fraction of sp³-hybridized carbons (Fsp3) is 0.600. The standard InChI is InChI=1S/C15H25N5/c1-6-7-16-12-10-20-9-8-17-13(20)14(18-12)19(5)11-15(2,3)4/h8-10,16H,6-7,11H2,1-5H3. The van der Waals surface area contributed by atoms with Gasteiger partial charge in [0.05, 0.1) is 6.20 Å². The second-order valence-corrected chi connectivity index (χ2v) is 6.45. The molecule has 0 aliphatic carbocycles. The molecule has 0 saturated heterocycles. The van der Waals surface area contributed by atoms with Gasteiger partial charge >= 0.3 is 0 Å². The summed E-state index contributed by atoms with van der Waals surface area (Å²) in [5.41, 5.74) is 1.12. The molecule has 0 amide bonds. The Morgan fingerprint density at radius 3 is 2.75 bits per heavy atom. The van der Waals surface area contributed by atoms with Gasteiger partial charge < -0.3 is 14.6 Å². The lowest BCUT2D eigenvalue weighted by atomic mass is 9.96. The molecule has 110 valence electrons. The van der Waals surface area contributed by atoms with Crippen LogP contribution in [0, 0.1) is 5.41 Å². The molecule has 5 heteroatoms. The van der Waals surface area contributed by atoms with E-state index < -0.39 is 0 Å². The molecule has 0 aromatic carbocycles. The van der Waals surface area contributed by atoms with Crippen molar-refractivity contribution < 1.29 is 0 Å². The molecule has 0 aliphatic rings. The summed E-state index contributed by atoms with van der Waals surface area (Å²) in [6.45, 7) is 10.7. The predicted molar refractivity (Wildman–Crippen MR) is 84.5 cm³/mol. The second-order valence-electron chi connectivity index (χ2n) is 6.45. The molecule has 0 bridgehead atoms. The van der Waals surface area contributed by atoms with Crippen molar-refractivity contribution in [2.75, 3.05) is 30.4 Å². The van der Waals surface area contributed by atoms with Crippen LogP contribution in [0.15, 0.2) is 18.6 Å². The Morgan fingerprint density at radius 2 is 2.10 bits per heavy atom. The lowest BCUT2D eigenvalue weighted by molar-refractivity contribution is 0.418. The molecule has 2 aromatic rings. The molecular formula is C15H25N5. The van der Waals surface area contributed by atoms with E-state index in [1.165, 1.54) is 0 Å². The smallest absolute Gasteiger partial charge is 0.180 e. The fourth-order valence-corrected chi connectivity index (χ4v) is 2.30. The monoisotopic (exact) mass is 275 g/mol. The molecule has 2 rings (SSSR count). The molecule has 2 heterocycles. The van der Waals surface area contributed by atoms with Crippen molar-refractivity contribution in [2.24, 2.45) is 5.41 Å². The van der Waals surface area contributed by atoms with Crippen molar-refractivity contribution in [1.82, 2.24) is 14.4 Å². The zero-order valence-corrected chi connectivity index (χ0v) is 13.1. The lowest BCUT2D eigenvalue weighted by Gasteiger charge is -2.27. The van der Waals surface area contributed by atoms with Gasteiger partial charge in [-0.2, -0.15) is 0 Å². The Balaban J connectivity index is 2.36. The molecule has 0 aliphatic heterocycles. The first-order valence-electron chi connectivity index (χ1n) is 7.19. The molecule has 0 spiro atoms. The van der Waals surface area contributed by atoms with Crippen LogP contribution in [0.5, 0.6) is 0 Å². The molecule has 0 radical (unpaired) electrons. The third-order valence-corrected chi connectivity index (χ3v) is 2.99. The molecule has 5 nitrogen and oxygen atoms in total. The number of hydrogen-bond acceptors (Lipinski definition) is 4. The number of nitrogens with one attached hydrogen (secondary N) is 1. The van der Waals surface area contributed by atoms with E-state index in [-0.39, 0.29) is 5.41 Å². The fourth-order valence-electron chi connectivity index (χ4n) is 2.30. The Morgan fingerprint density at radius 1 is 1.35 bits per heavy atom. The molecule has 20 heavy (non-hydrogen) atoms. The SMILES string of the molecule is CCCNc1cn2ccnc2c(N(C)CC(C)(C)C)n1. The Hall–Kier alpha value is -1.78. The number of nitrogens with zero attached hydrogens (tertiary/aromatic N) is 4. The van der Waals surface area contributed by atoms with Crippen LogP contribution >= 0.6 is 0 Å². The largest absolute Gasteiger partial charge is 0.369 e. The van der Waals surface area contributed by atoms with Gasteiger partial charge in [-0.1, -0.05) is 27.7 Å². The normalized spacial score (nSPS) is 11.8. The van der Waals surface area contributed by atoms with Crippen LogP contribution in [0.4, 0.5) is 11.6 Å². The van der Waals surface area contributed by atoms with Gasteiger partial charge in [0.25, 0.3) is 0 Å². The van der Waals surface area contributed by atoms with E-state index >= 15 is 0 Å². The summed E-state index contributed by atoms with van der Waals surface area (Å²) in [6.07, 6.45) is 6.85. The summed E-state index contributed by atoms with van der Waals surface area (Å²) in [7, 11) is 2.08. The third kappa shape index (κ3) is 3.40. The predicted octanol–water partition coefficient (Wildman–Crippen LogP) is 3.03. The second kappa shape index (κ2) is 5.69. The Kier molecular flexibility index (Phi) is 4.16. The van der Waals surface area contributed by atoms with Crippen molar-refractivity contribution >= 4 is 17.3 Å². The van der Waals surface area contributed by atoms with Crippen molar-refractivity contribution in [1.29, 1.82) is 0 Å². The maximum Gasteiger partial charge on any atom is 0.180 e. The van der Waals surface area contributed by atoms with Crippen LogP contribution in [0.1, 0.15) is 34.1 Å². The molecular weight excluding hydrogens is 250 g/mol. The lowest BCUT2D eigenvalue weighted by Crippen LogP contribution is -2.30. The van der Waals surface area contributed by atoms with Crippen molar-refractivity contribution in [3.8, 4) is 0 Å². The maximum absolute atomic E-state index is 4.73. The van der Waals surface area contributed by atoms with Crippen molar-refractivity contribution in [3.05, 3.63) is 18.6 Å². The molecule has 0 atom stereocenters. The molecule has 2 aromatic heterocycles. The van der Waals surface area contributed by atoms with Gasteiger partial charge in [-0.25, -0.2) is 9.97 Å². The zero-order valence-electron chi connectivity index (χ0n) is 13.1. The maximum atomic E-state index is 4.73. The minimum Gasteiger partial charge on any atom is -0.369 e. The summed E-state index contributed by atoms with van der Waals surface area (Å²) in [4.78, 5) is 11.3. The minimum absolute atomic E-state index is 0.215. The van der Waals surface area contributed by atoms with E-state index in [1.54, 1.807) is 0 Å². The number of imidazole rings is 1. The Bertz CT molecular complexity index is 567. The van der Waals surface area contributed by atoms with Gasteiger partial charge in [0, 0.05) is 32.5 Å². The van der Waals surface area contributed by atoms with E-state index in [1.807, 2.05) is 23.0 Å². The van der Waals surface area contributed by atoms with Gasteiger partial charge in [-0.05, 0) is 11.8 Å². The van der Waals surface area contributed by atoms with Crippen LogP contribution < -0.4 is 10.2 Å². The first kappa shape index (κ1) is 14.6. The summed E-state index contributed by atoms with van der Waals surface area (Å²) < 4.78 is 2.03. The number of rotatable bonds is 5. The highest BCUT2D eigenvalue weighted by molar-refractivity contribution is 5.66. The number of fused-ring (bicyclic) bond motifs is 1. The first-order valence-corrected chi connectivity index (χ1v) is 7.19. The summed E-state index contributed by atoms with van der Waals surface area (Å²) in [5, 5.41) is 3.35. The number of aromatic nitrogens is 3. The van der Waals surface area contributed by atoms with Gasteiger partial charge in [0.2, 0.25) is 0 Å². The van der Waals surface area contributed by atoms with Gasteiger partial charge in [-0.15, -0.1) is 0 Å². The minimum atomic E-state index is 0.215. The van der Waals surface area contributed by atoms with Gasteiger partial charge in [-0.3, -0.25) is 0 Å². The van der Waals surface area contributed by atoms with Crippen LogP contribution in [0.2, 0.25) is 0 Å². The van der Waals surface area contributed by atoms with Crippen LogP contribution in [-0.2, 0) is 0 Å². The van der Waals surface area contributed by atoms with Crippen LogP contribution in [0.25, 0.3) is 5.65 Å². The van der Waals surface area contributed by atoms with E-state index in [0.717, 1.165) is 36.8 Å². The van der Waals surface area contributed by atoms with Gasteiger partial charge in [0.1, 0.15) is 5.82 Å².